The molecule has 2 aromatic heterocycles. The van der Waals surface area contributed by atoms with Crippen LogP contribution in [-0.4, -0.2) is 22.6 Å². The maximum atomic E-state index is 13.4. The number of nitrogens with zero attached hydrogens (tertiary/aromatic N) is 2. The number of anilines is 3. The summed E-state index contributed by atoms with van der Waals surface area (Å²) in [5.74, 6) is 0.698. The van der Waals surface area contributed by atoms with E-state index in [-0.39, 0.29) is 11.6 Å². The Kier molecular flexibility index (Phi) is 6.46. The Morgan fingerprint density at radius 3 is 2.52 bits per heavy atom. The molecule has 168 valence electrons. The van der Waals surface area contributed by atoms with Crippen molar-refractivity contribution in [2.45, 2.75) is 20.4 Å². The average Bonchev–Trinajstić information content (AvgIpc) is 2.81. The number of halogens is 1. The van der Waals surface area contributed by atoms with E-state index in [0.717, 1.165) is 20.9 Å². The third kappa shape index (κ3) is 4.61. The topological polar surface area (TPSA) is 88.1 Å². The number of aryl methyl sites for hydroxylation is 2. The van der Waals surface area contributed by atoms with Gasteiger partial charge in [-0.3, -0.25) is 4.79 Å². The molecule has 7 nitrogen and oxygen atoms in total. The van der Waals surface area contributed by atoms with Crippen LogP contribution in [0.1, 0.15) is 12.5 Å². The second kappa shape index (κ2) is 9.46. The molecule has 0 aliphatic rings. The molecule has 0 bridgehead atoms. The van der Waals surface area contributed by atoms with Gasteiger partial charge in [-0.05, 0) is 49.7 Å². The monoisotopic (exact) mass is 505 g/mol. The Balaban J connectivity index is 1.77. The normalized spacial score (nSPS) is 10.8. The minimum atomic E-state index is -0.356. The molecule has 4 aromatic rings. The highest BCUT2D eigenvalue weighted by Gasteiger charge is 2.16. The van der Waals surface area contributed by atoms with E-state index in [1.165, 1.54) is 0 Å². The number of nitrogens with one attached hydrogen (secondary N) is 3. The smallest absolute Gasteiger partial charge is 0.323 e. The fourth-order valence-corrected chi connectivity index (χ4v) is 4.41. The largest absolute Gasteiger partial charge is 0.373 e. The molecule has 0 saturated heterocycles. The third-order valence-corrected chi connectivity index (χ3v) is 6.09. The quantitative estimate of drug-likeness (QED) is 0.317. The zero-order chi connectivity index (χ0) is 23.5. The fraction of sp³-hybridized carbons (Fsp3) is 0.160. The van der Waals surface area contributed by atoms with Gasteiger partial charge >= 0.3 is 6.03 Å². The average molecular weight is 506 g/mol. The van der Waals surface area contributed by atoms with Gasteiger partial charge in [-0.1, -0.05) is 34.1 Å². The van der Waals surface area contributed by atoms with Crippen molar-refractivity contribution in [1.82, 2.24) is 9.55 Å². The number of carbonyl (C=O) groups is 1. The maximum Gasteiger partial charge on any atom is 0.323 e. The lowest BCUT2D eigenvalue weighted by molar-refractivity contribution is 0.262. The predicted molar refractivity (Wildman–Crippen MR) is 138 cm³/mol. The number of amides is 2. The van der Waals surface area contributed by atoms with E-state index < -0.39 is 0 Å². The van der Waals surface area contributed by atoms with Crippen LogP contribution in [0.4, 0.5) is 22.0 Å². The molecule has 0 unspecified atom stereocenters. The van der Waals surface area contributed by atoms with E-state index in [2.05, 4.69) is 36.9 Å². The number of pyridine rings is 2. The van der Waals surface area contributed by atoms with Gasteiger partial charge in [-0.25, -0.2) is 9.78 Å². The Morgan fingerprint density at radius 2 is 1.82 bits per heavy atom. The van der Waals surface area contributed by atoms with Crippen LogP contribution < -0.4 is 21.5 Å². The first-order valence-corrected chi connectivity index (χ1v) is 11.4. The van der Waals surface area contributed by atoms with Crippen molar-refractivity contribution in [2.75, 3.05) is 23.0 Å². The molecule has 8 heteroatoms. The number of para-hydroxylation sites is 1. The lowest BCUT2D eigenvalue weighted by Gasteiger charge is -2.16. The summed E-state index contributed by atoms with van der Waals surface area (Å²) >= 11 is 3.60. The molecule has 0 saturated carbocycles. The van der Waals surface area contributed by atoms with Gasteiger partial charge in [0.2, 0.25) is 0 Å². The van der Waals surface area contributed by atoms with Crippen molar-refractivity contribution >= 4 is 50.1 Å². The summed E-state index contributed by atoms with van der Waals surface area (Å²) in [7, 11) is 1.79. The SMILES string of the molecule is CCn1c(=O)c(-c2cc(NC(=O)Nc3ccccc3)c(C)cc2Br)cc2cnc(NC)cc21. The lowest BCUT2D eigenvalue weighted by Crippen LogP contribution is -2.22. The predicted octanol–water partition coefficient (Wildman–Crippen LogP) is 5.84. The molecule has 0 radical (unpaired) electrons. The van der Waals surface area contributed by atoms with Crippen molar-refractivity contribution in [1.29, 1.82) is 0 Å². The van der Waals surface area contributed by atoms with Crippen LogP contribution in [0.3, 0.4) is 0 Å². The van der Waals surface area contributed by atoms with Crippen molar-refractivity contribution in [3.63, 3.8) is 0 Å². The number of hydrogen-bond acceptors (Lipinski definition) is 4. The summed E-state index contributed by atoms with van der Waals surface area (Å²) in [4.78, 5) is 30.4. The van der Waals surface area contributed by atoms with Crippen molar-refractivity contribution in [3.05, 3.63) is 81.2 Å². The molecular weight excluding hydrogens is 482 g/mol. The van der Waals surface area contributed by atoms with Gasteiger partial charge in [-0.2, -0.15) is 0 Å². The van der Waals surface area contributed by atoms with Crippen molar-refractivity contribution in [2.24, 2.45) is 0 Å². The number of aromatic nitrogens is 2. The van der Waals surface area contributed by atoms with Crippen LogP contribution in [-0.2, 0) is 6.54 Å². The Bertz CT molecular complexity index is 1400. The van der Waals surface area contributed by atoms with Gasteiger partial charge < -0.3 is 20.5 Å². The first-order chi connectivity index (χ1) is 15.9. The highest BCUT2D eigenvalue weighted by Crippen LogP contribution is 2.33. The van der Waals surface area contributed by atoms with E-state index in [4.69, 9.17) is 0 Å². The van der Waals surface area contributed by atoms with Crippen LogP contribution in [0.15, 0.2) is 70.1 Å². The zero-order valence-electron chi connectivity index (χ0n) is 18.6. The van der Waals surface area contributed by atoms with Crippen molar-refractivity contribution < 1.29 is 4.79 Å². The van der Waals surface area contributed by atoms with Crippen LogP contribution in [0.25, 0.3) is 22.0 Å². The molecule has 33 heavy (non-hydrogen) atoms. The Hall–Kier alpha value is -3.65. The van der Waals surface area contributed by atoms with E-state index >= 15 is 0 Å². The molecular formula is C25H24BrN5O2. The van der Waals surface area contributed by atoms with E-state index in [1.807, 2.05) is 68.4 Å². The van der Waals surface area contributed by atoms with Gasteiger partial charge in [0.15, 0.2) is 0 Å². The number of benzene rings is 2. The summed E-state index contributed by atoms with van der Waals surface area (Å²) in [6.45, 7) is 4.36. The van der Waals surface area contributed by atoms with Gasteiger partial charge in [0.1, 0.15) is 5.82 Å². The van der Waals surface area contributed by atoms with Gasteiger partial charge in [-0.15, -0.1) is 0 Å². The number of carbonyl (C=O) groups excluding carboxylic acids is 1. The molecule has 2 heterocycles. The molecule has 0 spiro atoms. The number of rotatable bonds is 5. The van der Waals surface area contributed by atoms with E-state index in [9.17, 15) is 9.59 Å². The van der Waals surface area contributed by atoms with Crippen LogP contribution in [0.2, 0.25) is 0 Å². The summed E-state index contributed by atoms with van der Waals surface area (Å²) in [5, 5.41) is 9.58. The summed E-state index contributed by atoms with van der Waals surface area (Å²) in [5.41, 5.74) is 4.11. The molecule has 2 aromatic carbocycles. The molecule has 0 atom stereocenters. The Labute approximate surface area is 200 Å². The van der Waals surface area contributed by atoms with Crippen LogP contribution >= 0.6 is 15.9 Å². The highest BCUT2D eigenvalue weighted by atomic mass is 79.9. The fourth-order valence-electron chi connectivity index (χ4n) is 3.74. The van der Waals surface area contributed by atoms with E-state index in [0.29, 0.717) is 34.9 Å². The third-order valence-electron chi connectivity index (χ3n) is 5.43. The molecule has 0 aliphatic heterocycles. The molecule has 0 fully saturated rings. The summed E-state index contributed by atoms with van der Waals surface area (Å²) in [6, 6.07) is 16.3. The first kappa shape index (κ1) is 22.5. The summed E-state index contributed by atoms with van der Waals surface area (Å²) < 4.78 is 2.50. The number of fused-ring (bicyclic) bond motifs is 1. The number of hydrogen-bond donors (Lipinski definition) is 3. The minimum absolute atomic E-state index is 0.109. The second-order valence-electron chi connectivity index (χ2n) is 7.58. The molecule has 0 aliphatic carbocycles. The van der Waals surface area contributed by atoms with Crippen LogP contribution in [0, 0.1) is 6.92 Å². The first-order valence-electron chi connectivity index (χ1n) is 10.6. The molecule has 3 N–H and O–H groups in total. The van der Waals surface area contributed by atoms with Crippen molar-refractivity contribution in [3.8, 4) is 11.1 Å². The van der Waals surface area contributed by atoms with Crippen LogP contribution in [0.5, 0.6) is 0 Å². The van der Waals surface area contributed by atoms with Gasteiger partial charge in [0.25, 0.3) is 5.56 Å². The second-order valence-corrected chi connectivity index (χ2v) is 8.43. The Morgan fingerprint density at radius 1 is 1.06 bits per heavy atom. The highest BCUT2D eigenvalue weighted by molar-refractivity contribution is 9.10. The zero-order valence-corrected chi connectivity index (χ0v) is 20.2. The standard InChI is InChI=1S/C25H24BrN5O2/c1-4-31-22-13-23(27-3)28-14-16(22)11-19(24(31)32)18-12-21(15(2)10-20(18)26)30-25(33)29-17-8-6-5-7-9-17/h5-14H,4H2,1-3H3,(H,27,28)(H2,29,30,33). The number of urea groups is 1. The lowest BCUT2D eigenvalue weighted by atomic mass is 10.0. The molecule has 4 rings (SSSR count). The maximum absolute atomic E-state index is 13.4. The van der Waals surface area contributed by atoms with Gasteiger partial charge in [0.05, 0.1) is 5.52 Å². The van der Waals surface area contributed by atoms with Gasteiger partial charge in [0, 0.05) is 58.2 Å². The summed E-state index contributed by atoms with van der Waals surface area (Å²) in [6.07, 6.45) is 1.75. The van der Waals surface area contributed by atoms with E-state index in [1.54, 1.807) is 17.8 Å². The molecule has 2 amide bonds. The minimum Gasteiger partial charge on any atom is -0.373 e.